The lowest BCUT2D eigenvalue weighted by Gasteiger charge is -2.02. The van der Waals surface area contributed by atoms with Gasteiger partial charge in [0.15, 0.2) is 0 Å². The van der Waals surface area contributed by atoms with E-state index in [2.05, 4.69) is 23.2 Å². The summed E-state index contributed by atoms with van der Waals surface area (Å²) in [6.07, 6.45) is 6.29. The van der Waals surface area contributed by atoms with Crippen LogP contribution >= 0.6 is 11.8 Å². The van der Waals surface area contributed by atoms with Crippen molar-refractivity contribution in [2.24, 2.45) is 0 Å². The lowest BCUT2D eigenvalue weighted by atomic mass is 10.1. The number of hydrogen-bond donors (Lipinski definition) is 0. The molecule has 0 aliphatic carbocycles. The largest absolute Gasteiger partial charge is 0.288 e. The highest BCUT2D eigenvalue weighted by atomic mass is 35.5. The molecule has 3 rings (SSSR count). The van der Waals surface area contributed by atoms with Crippen LogP contribution in [-0.2, 0) is 6.42 Å². The molecule has 0 fully saturated rings. The van der Waals surface area contributed by atoms with Gasteiger partial charge in [0.05, 0.1) is 5.52 Å². The average Bonchev–Trinajstić information content (AvgIpc) is 2.97. The molecule has 2 heterocycles. The maximum Gasteiger partial charge on any atom is 0.123 e. The maximum absolute atomic E-state index is 6.12. The molecule has 0 bridgehead atoms. The minimum absolute atomic E-state index is 0.960. The van der Waals surface area contributed by atoms with Crippen molar-refractivity contribution in [2.75, 3.05) is 0 Å². The van der Waals surface area contributed by atoms with Crippen molar-refractivity contribution in [1.29, 1.82) is 0 Å². The van der Waals surface area contributed by atoms with Crippen LogP contribution in [0.3, 0.4) is 0 Å². The van der Waals surface area contributed by atoms with Gasteiger partial charge < -0.3 is 0 Å². The Bertz CT molecular complexity index is 655. The lowest BCUT2D eigenvalue weighted by Crippen LogP contribution is -1.90. The van der Waals surface area contributed by atoms with Gasteiger partial charge in [-0.25, -0.2) is 0 Å². The quantitative estimate of drug-likeness (QED) is 0.697. The van der Waals surface area contributed by atoms with E-state index in [1.165, 1.54) is 10.9 Å². The Morgan fingerprint density at radius 3 is 2.71 bits per heavy atom. The van der Waals surface area contributed by atoms with Crippen LogP contribution in [0.5, 0.6) is 0 Å². The minimum atomic E-state index is 0.960. The van der Waals surface area contributed by atoms with Gasteiger partial charge in [0.2, 0.25) is 0 Å². The van der Waals surface area contributed by atoms with Crippen molar-refractivity contribution in [3.8, 4) is 5.69 Å². The molecule has 1 aromatic carbocycles. The van der Waals surface area contributed by atoms with Crippen molar-refractivity contribution in [1.82, 2.24) is 18.9 Å². The van der Waals surface area contributed by atoms with E-state index in [1.54, 1.807) is 16.7 Å². The van der Waals surface area contributed by atoms with E-state index in [4.69, 9.17) is 11.8 Å². The first-order valence-electron chi connectivity index (χ1n) is 5.44. The second-order valence-electron chi connectivity index (χ2n) is 3.89. The van der Waals surface area contributed by atoms with Gasteiger partial charge in [-0.3, -0.25) is 8.65 Å². The van der Waals surface area contributed by atoms with Crippen molar-refractivity contribution in [3.63, 3.8) is 0 Å². The van der Waals surface area contributed by atoms with Gasteiger partial charge in [-0.2, -0.15) is 0 Å². The van der Waals surface area contributed by atoms with E-state index in [1.807, 2.05) is 22.9 Å². The maximum atomic E-state index is 6.12. The Morgan fingerprint density at radius 1 is 1.24 bits per heavy atom. The van der Waals surface area contributed by atoms with Crippen molar-refractivity contribution < 1.29 is 0 Å². The second-order valence-corrected chi connectivity index (χ2v) is 4.25. The Morgan fingerprint density at radius 2 is 2.00 bits per heavy atom. The Balaban J connectivity index is 2.25. The van der Waals surface area contributed by atoms with Crippen LogP contribution in [0.2, 0.25) is 0 Å². The predicted octanol–water partition coefficient (Wildman–Crippen LogP) is 2.79. The zero-order valence-electron chi connectivity index (χ0n) is 9.34. The van der Waals surface area contributed by atoms with Crippen LogP contribution in [-0.4, -0.2) is 18.9 Å². The molecule has 17 heavy (non-hydrogen) atoms. The zero-order valence-corrected chi connectivity index (χ0v) is 10.1. The van der Waals surface area contributed by atoms with Gasteiger partial charge >= 0.3 is 0 Å². The molecule has 5 heteroatoms. The molecule has 0 saturated heterocycles. The second kappa shape index (κ2) is 3.89. The number of fused-ring (bicyclic) bond motifs is 1. The van der Waals surface area contributed by atoms with E-state index in [9.17, 15) is 0 Å². The third-order valence-electron chi connectivity index (χ3n) is 2.92. The van der Waals surface area contributed by atoms with Gasteiger partial charge in [0.25, 0.3) is 0 Å². The Kier molecular flexibility index (Phi) is 2.37. The summed E-state index contributed by atoms with van der Waals surface area (Å²) < 4.78 is 3.52. The summed E-state index contributed by atoms with van der Waals surface area (Å²) in [5.74, 6) is 0. The minimum Gasteiger partial charge on any atom is -0.288 e. The topological polar surface area (TPSA) is 35.6 Å². The van der Waals surface area contributed by atoms with Gasteiger partial charge in [0.1, 0.15) is 12.7 Å². The third-order valence-corrected chi connectivity index (χ3v) is 3.20. The van der Waals surface area contributed by atoms with E-state index in [-0.39, 0.29) is 0 Å². The molecule has 4 nitrogen and oxygen atoms in total. The fraction of sp³-hybridized carbons (Fsp3) is 0.167. The fourth-order valence-electron chi connectivity index (χ4n) is 2.02. The number of rotatable bonds is 2. The van der Waals surface area contributed by atoms with Crippen molar-refractivity contribution >= 4 is 22.7 Å². The Labute approximate surface area is 104 Å². The van der Waals surface area contributed by atoms with Gasteiger partial charge in [-0.05, 0) is 30.2 Å². The van der Waals surface area contributed by atoms with Crippen LogP contribution in [0.25, 0.3) is 16.6 Å². The normalized spacial score (nSPS) is 11.2. The molecule has 0 N–H and O–H groups in total. The van der Waals surface area contributed by atoms with E-state index in [0.29, 0.717) is 0 Å². The fourth-order valence-corrected chi connectivity index (χ4v) is 2.28. The average molecular weight is 247 g/mol. The molecule has 0 saturated carbocycles. The number of aryl methyl sites for hydroxylation is 1. The molecule has 0 aliphatic heterocycles. The molecule has 0 amide bonds. The van der Waals surface area contributed by atoms with Gasteiger partial charge in [-0.15, -0.1) is 10.2 Å². The van der Waals surface area contributed by atoms with Crippen LogP contribution in [0.4, 0.5) is 0 Å². The highest BCUT2D eigenvalue weighted by molar-refractivity contribution is 6.19. The van der Waals surface area contributed by atoms with Crippen molar-refractivity contribution in [3.05, 3.63) is 42.6 Å². The monoisotopic (exact) mass is 246 g/mol. The first-order chi connectivity index (χ1) is 8.29. The van der Waals surface area contributed by atoms with E-state index < -0.39 is 0 Å². The summed E-state index contributed by atoms with van der Waals surface area (Å²) in [6, 6.07) is 6.12. The van der Waals surface area contributed by atoms with Crippen LogP contribution in [0, 0.1) is 0 Å². The molecule has 2 aromatic heterocycles. The molecule has 3 aromatic rings. The third kappa shape index (κ3) is 1.61. The molecule has 0 aliphatic rings. The molecule has 0 unspecified atom stereocenters. The summed E-state index contributed by atoms with van der Waals surface area (Å²) in [5.41, 5.74) is 3.31. The van der Waals surface area contributed by atoms with Crippen molar-refractivity contribution in [2.45, 2.75) is 13.3 Å². The smallest absolute Gasteiger partial charge is 0.123 e. The number of benzene rings is 1. The van der Waals surface area contributed by atoms with E-state index >= 15 is 0 Å². The number of nitrogens with zero attached hydrogens (tertiary/aromatic N) is 4. The standard InChI is InChI=1S/C12H11ClN4/c1-2-9-6-17(13)12-4-3-10(5-11(9)12)16-7-14-15-8-16/h3-8H,2H2,1H3. The van der Waals surface area contributed by atoms with E-state index in [0.717, 1.165) is 17.6 Å². The summed E-state index contributed by atoms with van der Waals surface area (Å²) >= 11 is 6.12. The van der Waals surface area contributed by atoms with Crippen LogP contribution < -0.4 is 0 Å². The molecule has 0 spiro atoms. The predicted molar refractivity (Wildman–Crippen MR) is 67.5 cm³/mol. The van der Waals surface area contributed by atoms with Gasteiger partial charge in [-0.1, -0.05) is 6.92 Å². The molecule has 0 atom stereocenters. The zero-order chi connectivity index (χ0) is 11.8. The molecular formula is C12H11ClN4. The SMILES string of the molecule is CCc1cn(Cl)c2ccc(-n3cnnc3)cc12. The summed E-state index contributed by atoms with van der Waals surface area (Å²) in [4.78, 5) is 0. The highest BCUT2D eigenvalue weighted by Gasteiger charge is 2.07. The molecule has 86 valence electrons. The number of halogens is 1. The first kappa shape index (κ1) is 10.4. The summed E-state index contributed by atoms with van der Waals surface area (Å²) in [5, 5.41) is 8.79. The summed E-state index contributed by atoms with van der Waals surface area (Å²) in [6.45, 7) is 2.12. The highest BCUT2D eigenvalue weighted by Crippen LogP contribution is 2.25. The van der Waals surface area contributed by atoms with Crippen LogP contribution in [0.15, 0.2) is 37.1 Å². The first-order valence-corrected chi connectivity index (χ1v) is 5.78. The molecular weight excluding hydrogens is 236 g/mol. The van der Waals surface area contributed by atoms with Gasteiger partial charge in [0, 0.05) is 29.0 Å². The Hall–Kier alpha value is -1.81. The number of aromatic nitrogens is 4. The summed E-state index contributed by atoms with van der Waals surface area (Å²) in [7, 11) is 0. The lowest BCUT2D eigenvalue weighted by molar-refractivity contribution is 1.06. The number of hydrogen-bond acceptors (Lipinski definition) is 2. The molecule has 0 radical (unpaired) electrons. The van der Waals surface area contributed by atoms with Crippen LogP contribution in [0.1, 0.15) is 12.5 Å².